The van der Waals surface area contributed by atoms with Crippen LogP contribution >= 0.6 is 0 Å². The number of unbranched alkanes of at least 4 members (excludes halogenated alkanes) is 12. The van der Waals surface area contributed by atoms with E-state index in [2.05, 4.69) is 19.1 Å². The van der Waals surface area contributed by atoms with E-state index >= 15 is 0 Å². The van der Waals surface area contributed by atoms with Crippen LogP contribution in [0.25, 0.3) is 0 Å². The fraction of sp³-hybridized carbons (Fsp3) is 0.875. The lowest BCUT2D eigenvalue weighted by molar-refractivity contribution is -0.371. The van der Waals surface area contributed by atoms with Crippen LogP contribution in [0.5, 0.6) is 0 Å². The molecule has 55 heavy (non-hydrogen) atoms. The Morgan fingerprint density at radius 3 is 1.75 bits per heavy atom. The molecule has 2 fully saturated rings. The Morgan fingerprint density at radius 2 is 1.15 bits per heavy atom. The number of hydrogen-bond acceptors (Lipinski definition) is 15. The summed E-state index contributed by atoms with van der Waals surface area (Å²) in [5.41, 5.74) is 0. The van der Waals surface area contributed by atoms with Crippen LogP contribution in [0.4, 0.5) is 0 Å². The monoisotopic (exact) mass is 790 g/mol. The molecule has 0 aromatic heterocycles. The molecule has 0 aromatic carbocycles. The number of esters is 3. The molecule has 0 spiro atoms. The van der Waals surface area contributed by atoms with Gasteiger partial charge in [-0.2, -0.15) is 0 Å². The Kier molecular flexibility index (Phi) is 25.1. The summed E-state index contributed by atoms with van der Waals surface area (Å²) < 4.78 is 38.7. The number of rotatable bonds is 28. The maximum atomic E-state index is 11.8. The molecule has 1 unspecified atom stereocenters. The molecule has 2 saturated heterocycles. The summed E-state index contributed by atoms with van der Waals surface area (Å²) in [5.74, 6) is -1.33. The summed E-state index contributed by atoms with van der Waals surface area (Å²) in [5, 5.41) is 53.3. The van der Waals surface area contributed by atoms with Gasteiger partial charge >= 0.3 is 17.9 Å². The van der Waals surface area contributed by atoms with Gasteiger partial charge in [-0.1, -0.05) is 76.9 Å². The summed E-state index contributed by atoms with van der Waals surface area (Å²) in [4.78, 5) is 34.5. The predicted octanol–water partition coefficient (Wildman–Crippen LogP) is 3.91. The molecule has 15 heteroatoms. The number of carbonyl (C=O) groups is 3. The fourth-order valence-electron chi connectivity index (χ4n) is 6.45. The van der Waals surface area contributed by atoms with Crippen molar-refractivity contribution in [3.8, 4) is 0 Å². The number of allylic oxidation sites excluding steroid dienone is 2. The number of ether oxygens (including phenoxy) is 7. The zero-order valence-corrected chi connectivity index (χ0v) is 33.5. The second-order valence-corrected chi connectivity index (χ2v) is 14.7. The molecule has 11 atom stereocenters. The molecule has 0 amide bonds. The Morgan fingerprint density at radius 1 is 0.618 bits per heavy atom. The van der Waals surface area contributed by atoms with Gasteiger partial charge < -0.3 is 58.7 Å². The van der Waals surface area contributed by atoms with E-state index in [1.54, 1.807) is 0 Å². The summed E-state index contributed by atoms with van der Waals surface area (Å²) >= 11 is 0. The van der Waals surface area contributed by atoms with Gasteiger partial charge in [0.15, 0.2) is 12.6 Å². The van der Waals surface area contributed by atoms with Crippen LogP contribution in [-0.2, 0) is 47.5 Å². The molecule has 0 radical (unpaired) electrons. The van der Waals surface area contributed by atoms with Crippen molar-refractivity contribution in [3.05, 3.63) is 12.2 Å². The van der Waals surface area contributed by atoms with Crippen molar-refractivity contribution >= 4 is 17.9 Å². The van der Waals surface area contributed by atoms with E-state index < -0.39 is 80.0 Å². The lowest BCUT2D eigenvalue weighted by atomic mass is 9.97. The van der Waals surface area contributed by atoms with Gasteiger partial charge in [0.2, 0.25) is 0 Å². The smallest absolute Gasteiger partial charge is 0.305 e. The first-order valence-corrected chi connectivity index (χ1v) is 20.4. The molecule has 2 aliphatic rings. The van der Waals surface area contributed by atoms with Crippen molar-refractivity contribution < 1.29 is 73.1 Å². The van der Waals surface area contributed by atoms with Gasteiger partial charge in [0.1, 0.15) is 62.0 Å². The van der Waals surface area contributed by atoms with E-state index in [1.165, 1.54) is 19.8 Å². The van der Waals surface area contributed by atoms with Crippen LogP contribution in [-0.4, -0.2) is 131 Å². The van der Waals surface area contributed by atoms with E-state index in [1.807, 2.05) is 6.92 Å². The van der Waals surface area contributed by atoms with E-state index in [4.69, 9.17) is 33.2 Å². The summed E-state index contributed by atoms with van der Waals surface area (Å²) in [6, 6.07) is 0. The molecule has 0 aromatic rings. The lowest BCUT2D eigenvalue weighted by Crippen LogP contribution is -2.65. The standard InChI is InChI=1S/C40H70O15/c1-5-6-7-21-24-49-32(43)23-20-18-16-14-12-10-8-9-11-13-15-17-19-22-27(2)52-40-38(36(47)34(45)31(54-40)26-51-29(4)42)55-39-37(48)35(46)33(44)30(53-39)25-50-28(3)41/h8-9,27,30-31,33-40,44-48H,5-7,10-26H2,1-4H3/b9-8-/t27?,30-,31-,33-,34-,35+,36+,37-,38-,39+,40-/m1/s1. The maximum absolute atomic E-state index is 11.8. The molecule has 0 saturated carbocycles. The number of hydrogen-bond donors (Lipinski definition) is 5. The normalized spacial score (nSPS) is 28.9. The van der Waals surface area contributed by atoms with Crippen LogP contribution in [0.1, 0.15) is 137 Å². The highest BCUT2D eigenvalue weighted by Gasteiger charge is 2.51. The van der Waals surface area contributed by atoms with Crippen LogP contribution in [0.3, 0.4) is 0 Å². The first-order valence-electron chi connectivity index (χ1n) is 20.4. The average molecular weight is 791 g/mol. The third-order valence-corrected chi connectivity index (χ3v) is 9.78. The largest absolute Gasteiger partial charge is 0.466 e. The van der Waals surface area contributed by atoms with E-state index in [0.29, 0.717) is 19.4 Å². The lowest BCUT2D eigenvalue weighted by Gasteiger charge is -2.46. The molecule has 320 valence electrons. The van der Waals surface area contributed by atoms with Gasteiger partial charge in [-0.25, -0.2) is 0 Å². The van der Waals surface area contributed by atoms with Gasteiger partial charge in [0.25, 0.3) is 0 Å². The Bertz CT molecular complexity index is 1090. The van der Waals surface area contributed by atoms with Crippen molar-refractivity contribution in [3.63, 3.8) is 0 Å². The molecule has 0 bridgehead atoms. The van der Waals surface area contributed by atoms with Gasteiger partial charge in [-0.3, -0.25) is 14.4 Å². The second-order valence-electron chi connectivity index (χ2n) is 14.7. The van der Waals surface area contributed by atoms with E-state index in [9.17, 15) is 39.9 Å². The van der Waals surface area contributed by atoms with Crippen LogP contribution in [0.15, 0.2) is 12.2 Å². The Hall–Kier alpha value is -2.21. The summed E-state index contributed by atoms with van der Waals surface area (Å²) in [7, 11) is 0. The minimum Gasteiger partial charge on any atom is -0.466 e. The van der Waals surface area contributed by atoms with E-state index in [0.717, 1.165) is 90.4 Å². The molecule has 0 aliphatic carbocycles. The predicted molar refractivity (Wildman–Crippen MR) is 200 cm³/mol. The molecule has 2 aliphatic heterocycles. The third kappa shape index (κ3) is 19.7. The molecule has 2 heterocycles. The minimum absolute atomic E-state index is 0.0710. The average Bonchev–Trinajstić information content (AvgIpc) is 3.14. The molecular formula is C40H70O15. The fourth-order valence-corrected chi connectivity index (χ4v) is 6.45. The second kappa shape index (κ2) is 28.2. The number of aliphatic hydroxyl groups excluding tert-OH is 5. The number of carbonyl (C=O) groups excluding carboxylic acids is 3. The van der Waals surface area contributed by atoms with Crippen molar-refractivity contribution in [1.82, 2.24) is 0 Å². The minimum atomic E-state index is -1.77. The van der Waals surface area contributed by atoms with Crippen molar-refractivity contribution in [2.75, 3.05) is 19.8 Å². The topological polar surface area (TPSA) is 217 Å². The van der Waals surface area contributed by atoms with Crippen LogP contribution in [0.2, 0.25) is 0 Å². The van der Waals surface area contributed by atoms with Gasteiger partial charge in [-0.15, -0.1) is 0 Å². The van der Waals surface area contributed by atoms with Crippen molar-refractivity contribution in [1.29, 1.82) is 0 Å². The first kappa shape index (κ1) is 48.9. The van der Waals surface area contributed by atoms with Gasteiger partial charge in [0.05, 0.1) is 12.7 Å². The summed E-state index contributed by atoms with van der Waals surface area (Å²) in [6.07, 6.45) is 5.91. The van der Waals surface area contributed by atoms with Crippen molar-refractivity contribution in [2.24, 2.45) is 0 Å². The molecule has 15 nitrogen and oxygen atoms in total. The van der Waals surface area contributed by atoms with Crippen molar-refractivity contribution in [2.45, 2.75) is 204 Å². The highest BCUT2D eigenvalue weighted by Crippen LogP contribution is 2.31. The zero-order valence-electron chi connectivity index (χ0n) is 33.5. The van der Waals surface area contributed by atoms with Crippen LogP contribution < -0.4 is 0 Å². The first-order chi connectivity index (χ1) is 26.3. The van der Waals surface area contributed by atoms with Crippen LogP contribution in [0, 0.1) is 0 Å². The molecular weight excluding hydrogens is 720 g/mol. The summed E-state index contributed by atoms with van der Waals surface area (Å²) in [6.45, 7) is 6.09. The van der Waals surface area contributed by atoms with E-state index in [-0.39, 0.29) is 18.7 Å². The third-order valence-electron chi connectivity index (χ3n) is 9.78. The Labute approximate surface area is 327 Å². The van der Waals surface area contributed by atoms with Gasteiger partial charge in [-0.05, 0) is 51.9 Å². The quantitative estimate of drug-likeness (QED) is 0.0329. The SMILES string of the molecule is CCCCCCOC(=O)CCCCCCC/C=C\CCCCCCC(C)O[C@@H]1O[C@H](COC(C)=O)[C@@H](O)[C@H](O)[C@H]1O[C@@H]1O[C@H](COC(C)=O)[C@@H](O)[C@H](O)[C@H]1O. The highest BCUT2D eigenvalue weighted by atomic mass is 16.8. The molecule has 2 rings (SSSR count). The highest BCUT2D eigenvalue weighted by molar-refractivity contribution is 5.69. The zero-order chi connectivity index (χ0) is 40.6. The number of aliphatic hydroxyl groups is 5. The van der Waals surface area contributed by atoms with Gasteiger partial charge in [0, 0.05) is 20.3 Å². The molecule has 5 N–H and O–H groups in total. The Balaban J connectivity index is 1.72. The maximum Gasteiger partial charge on any atom is 0.305 e.